The molecule has 0 atom stereocenters. The molecule has 0 aliphatic heterocycles. The number of nitrogens with zero attached hydrogens (tertiary/aromatic N) is 5. The van der Waals surface area contributed by atoms with Crippen LogP contribution in [0.2, 0.25) is 0 Å². The highest BCUT2D eigenvalue weighted by Crippen LogP contribution is 2.33. The van der Waals surface area contributed by atoms with Gasteiger partial charge in [0.15, 0.2) is 5.96 Å². The predicted octanol–water partition coefficient (Wildman–Crippen LogP) is 10.1. The molecule has 7 N–H and O–H groups in total. The highest BCUT2D eigenvalue weighted by atomic mass is 16.1. The van der Waals surface area contributed by atoms with E-state index in [0.717, 1.165) is 45.3 Å². The molecule has 1 amide bonds. The number of amides is 1. The highest BCUT2D eigenvalue weighted by Gasteiger charge is 2.14. The van der Waals surface area contributed by atoms with Crippen LogP contribution in [-0.4, -0.2) is 38.0 Å². The van der Waals surface area contributed by atoms with Crippen molar-refractivity contribution in [1.82, 2.24) is 19.6 Å². The monoisotopic (exact) mass is 797 g/mol. The smallest absolute Gasteiger partial charge is 0.238 e. The Balaban J connectivity index is 0.000000156. The molecule has 10 heteroatoms. The Bertz CT molecular complexity index is 3270. The van der Waals surface area contributed by atoms with Crippen LogP contribution in [0.15, 0.2) is 175 Å². The first kappa shape index (κ1) is 38.4. The minimum absolute atomic E-state index is 0.0402. The number of fused-ring (bicyclic) bond motifs is 6. The molecule has 0 unspecified atom stereocenters. The normalized spacial score (nSPS) is 11.1. The van der Waals surface area contributed by atoms with Crippen molar-refractivity contribution in [1.29, 1.82) is 0 Å². The Morgan fingerprint density at radius 1 is 0.541 bits per heavy atom. The Labute approximate surface area is 352 Å². The number of nitrogens with two attached hydrogens (primary N) is 3. The SMILES string of the molecule is Cc1cc(-c2ccc3c(ccc4ccccc43)c2)n(-c2ccc(N=C(N)N)cc2)n1.Cc1cc(-c2ccc3c(ccc4ccccc43)c2)n(-c2ccc(NC(=O)CN)cc2)n1. The molecular weight excluding hydrogens is 755 g/mol. The standard InChI is InChI=1S/C26H22N4O.C25H21N5/c1-17-14-25(30(29-17)22-11-9-21(10-12-22)28-26(31)16-27)20-8-13-24-19(15-20)7-6-18-4-2-3-5-23(18)24;1-16-14-24(30(29-16)21-11-9-20(10-12-21)28-25(26)27)19-8-13-23-18(15-19)7-6-17-4-2-3-5-22(17)23/h2-15H,16,27H2,1H3,(H,28,31);2-15H,1H3,(H4,26,27,28). The highest BCUT2D eigenvalue weighted by molar-refractivity contribution is 6.09. The van der Waals surface area contributed by atoms with E-state index in [1.807, 2.05) is 71.7 Å². The molecule has 2 aromatic heterocycles. The second-order valence-electron chi connectivity index (χ2n) is 15.0. The van der Waals surface area contributed by atoms with Gasteiger partial charge >= 0.3 is 0 Å². The average Bonchev–Trinajstić information content (AvgIpc) is 3.88. The molecule has 10 rings (SSSR count). The van der Waals surface area contributed by atoms with Crippen molar-refractivity contribution in [2.75, 3.05) is 11.9 Å². The average molecular weight is 798 g/mol. The number of carbonyl (C=O) groups is 1. The zero-order valence-corrected chi connectivity index (χ0v) is 33.7. The zero-order valence-electron chi connectivity index (χ0n) is 33.7. The van der Waals surface area contributed by atoms with Gasteiger partial charge in [-0.1, -0.05) is 97.1 Å². The Morgan fingerprint density at radius 3 is 1.46 bits per heavy atom. The van der Waals surface area contributed by atoms with Gasteiger partial charge in [0.25, 0.3) is 0 Å². The van der Waals surface area contributed by atoms with Gasteiger partial charge in [0.1, 0.15) is 0 Å². The van der Waals surface area contributed by atoms with Crippen LogP contribution in [0.5, 0.6) is 0 Å². The molecule has 2 heterocycles. The van der Waals surface area contributed by atoms with Crippen LogP contribution in [0.1, 0.15) is 11.4 Å². The van der Waals surface area contributed by atoms with Crippen molar-refractivity contribution in [2.45, 2.75) is 13.8 Å². The summed E-state index contributed by atoms with van der Waals surface area (Å²) in [6.45, 7) is 3.95. The number of rotatable bonds is 7. The number of aryl methyl sites for hydroxylation is 2. The number of carbonyl (C=O) groups excluding carboxylic acids is 1. The summed E-state index contributed by atoms with van der Waals surface area (Å²) in [7, 11) is 0. The molecule has 0 saturated heterocycles. The van der Waals surface area contributed by atoms with Gasteiger partial charge in [-0.15, -0.1) is 0 Å². The lowest BCUT2D eigenvalue weighted by Gasteiger charge is -2.11. The number of hydrogen-bond donors (Lipinski definition) is 4. The molecule has 0 radical (unpaired) electrons. The minimum atomic E-state index is -0.216. The molecule has 61 heavy (non-hydrogen) atoms. The van der Waals surface area contributed by atoms with Crippen LogP contribution in [0.25, 0.3) is 77.0 Å². The molecule has 10 nitrogen and oxygen atoms in total. The molecule has 0 spiro atoms. The number of guanidine groups is 1. The fourth-order valence-electron chi connectivity index (χ4n) is 7.86. The third-order valence-corrected chi connectivity index (χ3v) is 10.7. The van der Waals surface area contributed by atoms with E-state index in [-0.39, 0.29) is 18.4 Å². The summed E-state index contributed by atoms with van der Waals surface area (Å²) in [5.74, 6) is -0.172. The Morgan fingerprint density at radius 2 is 0.984 bits per heavy atom. The van der Waals surface area contributed by atoms with E-state index in [0.29, 0.717) is 11.4 Å². The molecular formula is C51H43N9O. The Hall–Kier alpha value is -8.08. The third-order valence-electron chi connectivity index (χ3n) is 10.7. The maximum absolute atomic E-state index is 11.5. The van der Waals surface area contributed by atoms with Crippen molar-refractivity contribution in [3.63, 3.8) is 0 Å². The summed E-state index contributed by atoms with van der Waals surface area (Å²) in [6.07, 6.45) is 0. The second kappa shape index (κ2) is 16.3. The van der Waals surface area contributed by atoms with Crippen LogP contribution in [0.4, 0.5) is 11.4 Å². The molecule has 0 aliphatic rings. The van der Waals surface area contributed by atoms with Crippen molar-refractivity contribution in [2.24, 2.45) is 22.2 Å². The summed E-state index contributed by atoms with van der Waals surface area (Å²) in [5.41, 5.74) is 25.8. The number of hydrogen-bond acceptors (Lipinski definition) is 5. The number of benzene rings is 8. The van der Waals surface area contributed by atoms with E-state index >= 15 is 0 Å². The quantitative estimate of drug-likeness (QED) is 0.0715. The number of nitrogens with one attached hydrogen (secondary N) is 1. The summed E-state index contributed by atoms with van der Waals surface area (Å²) >= 11 is 0. The van der Waals surface area contributed by atoms with E-state index in [1.54, 1.807) is 0 Å². The van der Waals surface area contributed by atoms with E-state index in [4.69, 9.17) is 27.4 Å². The predicted molar refractivity (Wildman–Crippen MR) is 251 cm³/mol. The maximum Gasteiger partial charge on any atom is 0.238 e. The first-order valence-electron chi connectivity index (χ1n) is 20.0. The second-order valence-corrected chi connectivity index (χ2v) is 15.0. The molecule has 0 fully saturated rings. The lowest BCUT2D eigenvalue weighted by atomic mass is 9.99. The van der Waals surface area contributed by atoms with E-state index < -0.39 is 0 Å². The maximum atomic E-state index is 11.5. The lowest BCUT2D eigenvalue weighted by molar-refractivity contribution is -0.114. The van der Waals surface area contributed by atoms with Crippen molar-refractivity contribution >= 4 is 66.3 Å². The number of anilines is 1. The molecule has 8 aromatic carbocycles. The van der Waals surface area contributed by atoms with Gasteiger partial charge < -0.3 is 22.5 Å². The largest absolute Gasteiger partial charge is 0.370 e. The van der Waals surface area contributed by atoms with Gasteiger partial charge in [-0.25, -0.2) is 14.4 Å². The summed E-state index contributed by atoms with van der Waals surface area (Å²) in [5, 5.41) is 22.1. The Kier molecular flexibility index (Phi) is 10.3. The van der Waals surface area contributed by atoms with Crippen LogP contribution < -0.4 is 22.5 Å². The number of aromatic nitrogens is 4. The molecule has 0 aliphatic carbocycles. The van der Waals surface area contributed by atoms with E-state index in [1.165, 1.54) is 43.1 Å². The van der Waals surface area contributed by atoms with Gasteiger partial charge in [-0.3, -0.25) is 4.79 Å². The van der Waals surface area contributed by atoms with Crippen LogP contribution in [-0.2, 0) is 4.79 Å². The van der Waals surface area contributed by atoms with E-state index in [9.17, 15) is 4.79 Å². The van der Waals surface area contributed by atoms with Gasteiger partial charge in [0.05, 0.1) is 46.4 Å². The summed E-state index contributed by atoms with van der Waals surface area (Å²) < 4.78 is 3.89. The van der Waals surface area contributed by atoms with Crippen molar-refractivity contribution in [3.8, 4) is 33.9 Å². The summed E-state index contributed by atoms with van der Waals surface area (Å²) in [4.78, 5) is 15.6. The first-order valence-corrected chi connectivity index (χ1v) is 20.0. The molecule has 0 bridgehead atoms. The number of aliphatic imine (C=N–C) groups is 1. The molecule has 10 aromatic rings. The van der Waals surface area contributed by atoms with Crippen LogP contribution in [0.3, 0.4) is 0 Å². The summed E-state index contributed by atoms with van der Waals surface area (Å²) in [6, 6.07) is 58.2. The minimum Gasteiger partial charge on any atom is -0.370 e. The van der Waals surface area contributed by atoms with Gasteiger partial charge in [0.2, 0.25) is 5.91 Å². The molecule has 0 saturated carbocycles. The lowest BCUT2D eigenvalue weighted by Crippen LogP contribution is -2.21. The van der Waals surface area contributed by atoms with Gasteiger partial charge in [-0.05, 0) is 130 Å². The molecule has 298 valence electrons. The van der Waals surface area contributed by atoms with Crippen LogP contribution in [0, 0.1) is 13.8 Å². The van der Waals surface area contributed by atoms with E-state index in [2.05, 4.69) is 132 Å². The first-order chi connectivity index (χ1) is 29.7. The fraction of sp³-hybridized carbons (Fsp3) is 0.0588. The topological polar surface area (TPSA) is 155 Å². The fourth-order valence-corrected chi connectivity index (χ4v) is 7.86. The van der Waals surface area contributed by atoms with Crippen molar-refractivity contribution in [3.05, 3.63) is 181 Å². The van der Waals surface area contributed by atoms with Crippen molar-refractivity contribution < 1.29 is 4.79 Å². The third kappa shape index (κ3) is 7.91. The van der Waals surface area contributed by atoms with Gasteiger partial charge in [0, 0.05) is 16.8 Å². The van der Waals surface area contributed by atoms with Gasteiger partial charge in [-0.2, -0.15) is 10.2 Å². The van der Waals surface area contributed by atoms with Crippen LogP contribution >= 0.6 is 0 Å². The zero-order chi connectivity index (χ0) is 42.0.